The fourth-order valence-corrected chi connectivity index (χ4v) is 3.82. The Morgan fingerprint density at radius 3 is 1.55 bits per heavy atom. The molecule has 1 fully saturated rings. The van der Waals surface area contributed by atoms with Crippen molar-refractivity contribution in [1.82, 2.24) is 0 Å². The lowest BCUT2D eigenvalue weighted by molar-refractivity contribution is 0.200. The lowest BCUT2D eigenvalue weighted by Gasteiger charge is -2.36. The molecule has 0 nitrogen and oxygen atoms in total. The van der Waals surface area contributed by atoms with Crippen LogP contribution in [0.15, 0.2) is 0 Å². The predicted octanol–water partition coefficient (Wildman–Crippen LogP) is 3.56. The average Bonchev–Trinajstić information content (AvgIpc) is 1.93. The zero-order chi connectivity index (χ0) is 8.86. The van der Waals surface area contributed by atoms with Crippen molar-refractivity contribution in [3.8, 4) is 0 Å². The van der Waals surface area contributed by atoms with E-state index in [1.807, 2.05) is 0 Å². The van der Waals surface area contributed by atoms with E-state index < -0.39 is 0 Å². The molecular formula is C10H20S. The van der Waals surface area contributed by atoms with Gasteiger partial charge in [-0.3, -0.25) is 0 Å². The van der Waals surface area contributed by atoms with Gasteiger partial charge in [-0.25, -0.2) is 0 Å². The molecule has 0 amide bonds. The summed E-state index contributed by atoms with van der Waals surface area (Å²) in [6.07, 6.45) is 0. The molecule has 0 spiro atoms. The van der Waals surface area contributed by atoms with Crippen LogP contribution in [0.5, 0.6) is 0 Å². The van der Waals surface area contributed by atoms with Crippen LogP contribution >= 0.6 is 11.8 Å². The first kappa shape index (κ1) is 9.44. The number of hydrogen-bond donors (Lipinski definition) is 0. The number of rotatable bonds is 0. The Balaban J connectivity index is 2.92. The van der Waals surface area contributed by atoms with Gasteiger partial charge in [0.25, 0.3) is 0 Å². The highest BCUT2D eigenvalue weighted by Crippen LogP contribution is 2.57. The molecule has 0 N–H and O–H groups in total. The van der Waals surface area contributed by atoms with Crippen LogP contribution in [0.2, 0.25) is 0 Å². The minimum Gasteiger partial charge on any atom is -0.152 e. The van der Waals surface area contributed by atoms with Gasteiger partial charge in [-0.2, -0.15) is 11.8 Å². The Morgan fingerprint density at radius 2 is 1.45 bits per heavy atom. The molecule has 1 heteroatoms. The lowest BCUT2D eigenvalue weighted by Crippen LogP contribution is -2.35. The zero-order valence-electron chi connectivity index (χ0n) is 8.56. The molecular weight excluding hydrogens is 152 g/mol. The maximum Gasteiger partial charge on any atom is 0.0160 e. The summed E-state index contributed by atoms with van der Waals surface area (Å²) in [5.41, 5.74) is 0.483. The SMILES string of the molecule is CC1SC(C)(C)C(C)(C)C1C. The monoisotopic (exact) mass is 172 g/mol. The molecule has 66 valence electrons. The Kier molecular flexibility index (Phi) is 2.07. The molecule has 1 saturated heterocycles. The van der Waals surface area contributed by atoms with Crippen molar-refractivity contribution >= 4 is 11.8 Å². The van der Waals surface area contributed by atoms with E-state index in [0.29, 0.717) is 10.2 Å². The van der Waals surface area contributed by atoms with Gasteiger partial charge in [-0.05, 0) is 11.3 Å². The second-order valence-electron chi connectivity index (χ2n) is 4.84. The molecule has 0 aromatic carbocycles. The Morgan fingerprint density at radius 1 is 1.00 bits per heavy atom. The Bertz CT molecular complexity index is 158. The average molecular weight is 172 g/mol. The van der Waals surface area contributed by atoms with Gasteiger partial charge in [-0.15, -0.1) is 0 Å². The minimum atomic E-state index is 0.450. The summed E-state index contributed by atoms with van der Waals surface area (Å²) in [7, 11) is 0. The highest BCUT2D eigenvalue weighted by atomic mass is 32.2. The van der Waals surface area contributed by atoms with Crippen molar-refractivity contribution in [3.05, 3.63) is 0 Å². The van der Waals surface area contributed by atoms with Crippen LogP contribution < -0.4 is 0 Å². The molecule has 0 aromatic rings. The minimum absolute atomic E-state index is 0.450. The quantitative estimate of drug-likeness (QED) is 0.538. The van der Waals surface area contributed by atoms with E-state index in [1.165, 1.54) is 0 Å². The van der Waals surface area contributed by atoms with Gasteiger partial charge in [-0.1, -0.05) is 41.5 Å². The summed E-state index contributed by atoms with van der Waals surface area (Å²) in [5.74, 6) is 0.836. The van der Waals surface area contributed by atoms with E-state index in [-0.39, 0.29) is 0 Å². The highest BCUT2D eigenvalue weighted by Gasteiger charge is 2.50. The molecule has 1 heterocycles. The van der Waals surface area contributed by atoms with Crippen LogP contribution in [-0.2, 0) is 0 Å². The molecule has 2 atom stereocenters. The maximum atomic E-state index is 2.40. The largest absolute Gasteiger partial charge is 0.152 e. The first-order valence-electron chi connectivity index (χ1n) is 4.47. The molecule has 0 aliphatic carbocycles. The van der Waals surface area contributed by atoms with Crippen LogP contribution in [0.3, 0.4) is 0 Å². The van der Waals surface area contributed by atoms with Gasteiger partial charge in [0.05, 0.1) is 0 Å². The number of hydrogen-bond acceptors (Lipinski definition) is 1. The van der Waals surface area contributed by atoms with Gasteiger partial charge in [0, 0.05) is 10.00 Å². The molecule has 11 heavy (non-hydrogen) atoms. The van der Waals surface area contributed by atoms with Crippen molar-refractivity contribution in [1.29, 1.82) is 0 Å². The first-order chi connectivity index (χ1) is 4.79. The van der Waals surface area contributed by atoms with Crippen molar-refractivity contribution in [2.24, 2.45) is 11.3 Å². The molecule has 0 radical (unpaired) electrons. The third-order valence-electron chi connectivity index (χ3n) is 3.87. The van der Waals surface area contributed by atoms with Crippen LogP contribution in [0, 0.1) is 11.3 Å². The van der Waals surface area contributed by atoms with Crippen molar-refractivity contribution < 1.29 is 0 Å². The van der Waals surface area contributed by atoms with Gasteiger partial charge >= 0.3 is 0 Å². The van der Waals surface area contributed by atoms with E-state index in [2.05, 4.69) is 53.3 Å². The predicted molar refractivity (Wildman–Crippen MR) is 54.1 cm³/mol. The Labute approximate surface area is 75.1 Å². The highest BCUT2D eigenvalue weighted by molar-refractivity contribution is 8.01. The van der Waals surface area contributed by atoms with Crippen molar-refractivity contribution in [3.63, 3.8) is 0 Å². The van der Waals surface area contributed by atoms with E-state index in [0.717, 1.165) is 11.2 Å². The first-order valence-corrected chi connectivity index (χ1v) is 5.35. The summed E-state index contributed by atoms with van der Waals surface area (Å²) in [5, 5.41) is 0.819. The smallest absolute Gasteiger partial charge is 0.0160 e. The summed E-state index contributed by atoms with van der Waals surface area (Å²) < 4.78 is 0.450. The lowest BCUT2D eigenvalue weighted by atomic mass is 9.70. The maximum absolute atomic E-state index is 2.40. The summed E-state index contributed by atoms with van der Waals surface area (Å²) in [4.78, 5) is 0. The normalized spacial score (nSPS) is 40.9. The van der Waals surface area contributed by atoms with E-state index in [4.69, 9.17) is 0 Å². The van der Waals surface area contributed by atoms with Gasteiger partial charge < -0.3 is 0 Å². The van der Waals surface area contributed by atoms with Crippen LogP contribution in [0.1, 0.15) is 41.5 Å². The fourth-order valence-electron chi connectivity index (χ4n) is 1.85. The molecule has 1 aliphatic rings. The summed E-state index contributed by atoms with van der Waals surface area (Å²) in [6.45, 7) is 14.3. The van der Waals surface area contributed by atoms with Crippen molar-refractivity contribution in [2.75, 3.05) is 0 Å². The van der Waals surface area contributed by atoms with Crippen LogP contribution in [-0.4, -0.2) is 10.00 Å². The van der Waals surface area contributed by atoms with Crippen molar-refractivity contribution in [2.45, 2.75) is 51.5 Å². The van der Waals surface area contributed by atoms with E-state index in [1.54, 1.807) is 0 Å². The third-order valence-corrected chi connectivity index (χ3v) is 5.77. The summed E-state index contributed by atoms with van der Waals surface area (Å²) >= 11 is 2.14. The second kappa shape index (κ2) is 2.42. The molecule has 0 saturated carbocycles. The standard InChI is InChI=1S/C10H20S/c1-7-8(2)11-10(5,6)9(7,3)4/h7-8H,1-6H3. The molecule has 0 aromatic heterocycles. The zero-order valence-corrected chi connectivity index (χ0v) is 9.38. The van der Waals surface area contributed by atoms with Crippen LogP contribution in [0.25, 0.3) is 0 Å². The van der Waals surface area contributed by atoms with E-state index >= 15 is 0 Å². The molecule has 2 unspecified atom stereocenters. The van der Waals surface area contributed by atoms with Gasteiger partial charge in [0.1, 0.15) is 0 Å². The topological polar surface area (TPSA) is 0 Å². The molecule has 1 aliphatic heterocycles. The van der Waals surface area contributed by atoms with E-state index in [9.17, 15) is 0 Å². The van der Waals surface area contributed by atoms with Gasteiger partial charge in [0.15, 0.2) is 0 Å². The van der Waals surface area contributed by atoms with Crippen LogP contribution in [0.4, 0.5) is 0 Å². The fraction of sp³-hybridized carbons (Fsp3) is 1.00. The molecule has 1 rings (SSSR count). The number of thioether (sulfide) groups is 1. The molecule has 0 bridgehead atoms. The second-order valence-corrected chi connectivity index (χ2v) is 6.84. The summed E-state index contributed by atoms with van der Waals surface area (Å²) in [6, 6.07) is 0. The third kappa shape index (κ3) is 1.22. The Hall–Kier alpha value is 0.350. The van der Waals surface area contributed by atoms with Gasteiger partial charge in [0.2, 0.25) is 0 Å².